The second-order valence-corrected chi connectivity index (χ2v) is 9.47. The molecule has 6 N–H and O–H groups in total. The third-order valence-corrected chi connectivity index (χ3v) is 6.74. The molecule has 14 nitrogen and oxygen atoms in total. The average Bonchev–Trinajstić information content (AvgIpc) is 3.25. The third kappa shape index (κ3) is 7.58. The van der Waals surface area contributed by atoms with E-state index in [-0.39, 0.29) is 35.3 Å². The second-order valence-electron chi connectivity index (χ2n) is 7.07. The lowest BCUT2D eigenvalue weighted by Crippen LogP contribution is -2.70. The van der Waals surface area contributed by atoms with Crippen LogP contribution in [0.25, 0.3) is 0 Å². The molecule has 2 amide bonds. The zero-order valence-corrected chi connectivity index (χ0v) is 21.2. The van der Waals surface area contributed by atoms with Gasteiger partial charge in [0.25, 0.3) is 11.8 Å². The van der Waals surface area contributed by atoms with E-state index in [0.29, 0.717) is 11.3 Å². The SMILES string of the molecule is Nc1nc(/C(=N\OCC(=O)O)C(=O)N[C@@H]2C(=O)N3C(C(=O)S)=C(CCO)CS[C@H]23)cs1.O=C(O)C(F)(F)F. The van der Waals surface area contributed by atoms with E-state index in [1.807, 2.05) is 0 Å². The van der Waals surface area contributed by atoms with Crippen molar-refractivity contribution in [3.63, 3.8) is 0 Å². The smallest absolute Gasteiger partial charge is 0.479 e. The van der Waals surface area contributed by atoms with E-state index in [1.54, 1.807) is 0 Å². The average molecular weight is 602 g/mol. The first-order chi connectivity index (χ1) is 17.7. The van der Waals surface area contributed by atoms with Gasteiger partial charge in [0.05, 0.1) is 5.70 Å². The van der Waals surface area contributed by atoms with Crippen LogP contribution in [0, 0.1) is 0 Å². The van der Waals surface area contributed by atoms with Crippen LogP contribution in [-0.4, -0.2) is 96.3 Å². The number of anilines is 1. The highest BCUT2D eigenvalue weighted by atomic mass is 32.2. The lowest BCUT2D eigenvalue weighted by molar-refractivity contribution is -0.192. The molecular formula is C18H18F3N5O9S3. The quantitative estimate of drug-likeness (QED) is 0.0926. The lowest BCUT2D eigenvalue weighted by atomic mass is 10.0. The van der Waals surface area contributed by atoms with E-state index < -0.39 is 53.1 Å². The highest BCUT2D eigenvalue weighted by molar-refractivity contribution is 8.00. The number of aliphatic hydroxyl groups is 1. The van der Waals surface area contributed by atoms with Gasteiger partial charge in [0, 0.05) is 17.7 Å². The van der Waals surface area contributed by atoms with E-state index in [2.05, 4.69) is 32.9 Å². The van der Waals surface area contributed by atoms with E-state index in [9.17, 15) is 37.5 Å². The molecule has 208 valence electrons. The van der Waals surface area contributed by atoms with Gasteiger partial charge in [-0.25, -0.2) is 14.6 Å². The van der Waals surface area contributed by atoms with Crippen molar-refractivity contribution < 1.29 is 57.3 Å². The molecule has 0 radical (unpaired) electrons. The molecule has 0 aliphatic carbocycles. The van der Waals surface area contributed by atoms with Crippen molar-refractivity contribution in [1.29, 1.82) is 0 Å². The van der Waals surface area contributed by atoms with Crippen molar-refractivity contribution in [2.75, 3.05) is 24.7 Å². The van der Waals surface area contributed by atoms with Crippen molar-refractivity contribution in [1.82, 2.24) is 15.2 Å². The minimum Gasteiger partial charge on any atom is -0.479 e. The maximum absolute atomic E-state index is 12.8. The van der Waals surface area contributed by atoms with Gasteiger partial charge in [0.15, 0.2) is 10.8 Å². The molecule has 3 rings (SSSR count). The van der Waals surface area contributed by atoms with E-state index in [1.165, 1.54) is 22.0 Å². The summed E-state index contributed by atoms with van der Waals surface area (Å²) in [6, 6.07) is -0.962. The number of carboxylic acids is 2. The van der Waals surface area contributed by atoms with Crippen LogP contribution in [0.3, 0.4) is 0 Å². The van der Waals surface area contributed by atoms with E-state index in [4.69, 9.17) is 20.7 Å². The predicted octanol–water partition coefficient (Wildman–Crippen LogP) is -0.343. The van der Waals surface area contributed by atoms with Gasteiger partial charge in [-0.2, -0.15) is 13.2 Å². The summed E-state index contributed by atoms with van der Waals surface area (Å²) < 4.78 is 31.7. The van der Waals surface area contributed by atoms with Crippen LogP contribution >= 0.6 is 35.7 Å². The molecule has 0 saturated carbocycles. The monoisotopic (exact) mass is 601 g/mol. The summed E-state index contributed by atoms with van der Waals surface area (Å²) >= 11 is 6.19. The molecule has 20 heteroatoms. The van der Waals surface area contributed by atoms with E-state index in [0.717, 1.165) is 11.3 Å². The molecule has 1 fully saturated rings. The number of hydrogen-bond donors (Lipinski definition) is 6. The summed E-state index contributed by atoms with van der Waals surface area (Å²) in [5.74, 6) is -5.01. The Morgan fingerprint density at radius 2 is 1.95 bits per heavy atom. The van der Waals surface area contributed by atoms with Crippen molar-refractivity contribution in [3.05, 3.63) is 22.3 Å². The third-order valence-electron chi connectivity index (χ3n) is 4.52. The molecule has 1 aromatic rings. The number of nitrogens with zero attached hydrogens (tertiary/aromatic N) is 3. The zero-order chi connectivity index (χ0) is 28.8. The number of carboxylic acid groups (broad SMARTS) is 2. The maximum Gasteiger partial charge on any atom is 0.490 e. The second kappa shape index (κ2) is 12.9. The van der Waals surface area contributed by atoms with Crippen LogP contribution in [0.15, 0.2) is 21.8 Å². The summed E-state index contributed by atoms with van der Waals surface area (Å²) in [5, 5.41) is 31.5. The number of nitrogen functional groups attached to an aromatic ring is 1. The molecule has 0 spiro atoms. The number of carbonyl (C=O) groups is 5. The fourth-order valence-corrected chi connectivity index (χ4v) is 5.17. The minimum absolute atomic E-state index is 0.0571. The topological polar surface area (TPSA) is 222 Å². The molecule has 2 aliphatic rings. The number of nitrogens with one attached hydrogen (secondary N) is 1. The number of thiol groups is 1. The van der Waals surface area contributed by atoms with Crippen LogP contribution in [0.1, 0.15) is 12.1 Å². The van der Waals surface area contributed by atoms with Crippen LogP contribution in [0.5, 0.6) is 0 Å². The molecule has 1 aromatic heterocycles. The van der Waals surface area contributed by atoms with E-state index >= 15 is 0 Å². The fourth-order valence-electron chi connectivity index (χ4n) is 2.97. The van der Waals surface area contributed by atoms with Crippen LogP contribution in [-0.2, 0) is 28.8 Å². The van der Waals surface area contributed by atoms with Crippen LogP contribution in [0.4, 0.5) is 18.3 Å². The molecule has 0 aromatic carbocycles. The number of carbonyl (C=O) groups excluding carboxylic acids is 3. The molecular weight excluding hydrogens is 583 g/mol. The van der Waals surface area contributed by atoms with Gasteiger partial charge in [-0.15, -0.1) is 23.1 Å². The van der Waals surface area contributed by atoms with Gasteiger partial charge >= 0.3 is 18.1 Å². The number of fused-ring (bicyclic) bond motifs is 1. The number of halogens is 3. The number of alkyl halides is 3. The van der Waals surface area contributed by atoms with Crippen molar-refractivity contribution in [2.45, 2.75) is 24.0 Å². The van der Waals surface area contributed by atoms with Gasteiger partial charge < -0.3 is 31.2 Å². The Kier molecular flexibility index (Phi) is 10.5. The molecule has 3 heterocycles. The Bertz CT molecular complexity index is 1190. The predicted molar refractivity (Wildman–Crippen MR) is 128 cm³/mol. The Morgan fingerprint density at radius 3 is 2.42 bits per heavy atom. The maximum atomic E-state index is 12.8. The highest BCUT2D eigenvalue weighted by Gasteiger charge is 2.53. The molecule has 2 aliphatic heterocycles. The van der Waals surface area contributed by atoms with Crippen molar-refractivity contribution in [2.24, 2.45) is 5.16 Å². The number of aliphatic hydroxyl groups excluding tert-OH is 1. The van der Waals surface area contributed by atoms with Gasteiger partial charge in [-0.1, -0.05) is 17.8 Å². The lowest BCUT2D eigenvalue weighted by Gasteiger charge is -2.49. The van der Waals surface area contributed by atoms with Crippen LogP contribution < -0.4 is 11.1 Å². The first-order valence-corrected chi connectivity index (χ1v) is 12.3. The Morgan fingerprint density at radius 1 is 1.32 bits per heavy atom. The first-order valence-electron chi connectivity index (χ1n) is 9.93. The highest BCUT2D eigenvalue weighted by Crippen LogP contribution is 2.41. The molecule has 38 heavy (non-hydrogen) atoms. The summed E-state index contributed by atoms with van der Waals surface area (Å²) in [6.45, 7) is -0.961. The Hall–Kier alpha value is -3.36. The first kappa shape index (κ1) is 30.9. The van der Waals surface area contributed by atoms with Crippen molar-refractivity contribution in [3.8, 4) is 0 Å². The molecule has 0 unspecified atom stereocenters. The molecule has 1 saturated heterocycles. The number of aromatic nitrogens is 1. The largest absolute Gasteiger partial charge is 0.490 e. The fraction of sp³-hybridized carbons (Fsp3) is 0.389. The summed E-state index contributed by atoms with van der Waals surface area (Å²) in [5.41, 5.74) is 6.01. The molecule has 2 atom stereocenters. The normalized spacial score (nSPS) is 19.0. The number of rotatable bonds is 9. The molecule has 0 bridgehead atoms. The van der Waals surface area contributed by atoms with Crippen LogP contribution in [0.2, 0.25) is 0 Å². The summed E-state index contributed by atoms with van der Waals surface area (Å²) in [7, 11) is 0. The number of thioether (sulfide) groups is 1. The number of nitrogens with two attached hydrogens (primary N) is 1. The minimum atomic E-state index is -5.08. The van der Waals surface area contributed by atoms with Gasteiger partial charge in [-0.05, 0) is 12.0 Å². The number of thiazole rings is 1. The number of amides is 2. The standard InChI is InChI=1S/C16H17N5O7S3.C2HF3O2/c17-16-18-7(5-31-16)9(20-28-3-8(23)24)12(25)19-10-13(26)21-11(15(27)29)6(1-2-22)4-30-14(10)21;3-2(4,5)1(6)7/h5,10,14,22H,1-4H2,(H2,17,18)(H,19,25)(H,23,24)(H,27,29);(H,6,7)/b20-9+;/t10-,14-;/m1./s1. The van der Waals surface area contributed by atoms with Crippen molar-refractivity contribution >= 4 is 75.4 Å². The number of β-lactam (4-membered cyclic amide) rings is 1. The number of oxime groups is 1. The van der Waals surface area contributed by atoms with Gasteiger partial charge in [-0.3, -0.25) is 19.3 Å². The Labute approximate surface area is 224 Å². The van der Waals surface area contributed by atoms with Gasteiger partial charge in [0.1, 0.15) is 17.1 Å². The summed E-state index contributed by atoms with van der Waals surface area (Å²) in [6.07, 6.45) is -4.86. The zero-order valence-electron chi connectivity index (χ0n) is 18.7. The summed E-state index contributed by atoms with van der Waals surface area (Å²) in [4.78, 5) is 66.8. The Balaban J connectivity index is 0.000000638. The number of aliphatic carboxylic acids is 2. The van der Waals surface area contributed by atoms with Gasteiger partial charge in [0.2, 0.25) is 11.7 Å². The number of hydrogen-bond acceptors (Lipinski definition) is 12.